The maximum atomic E-state index is 5.08. The molecule has 0 radical (unpaired) electrons. The largest absolute Gasteiger partial charge is 0.385 e. The lowest BCUT2D eigenvalue weighted by atomic mass is 10.1. The number of nitrogens with zero attached hydrogens (tertiary/aromatic N) is 2. The molecule has 21 heavy (non-hydrogen) atoms. The molecule has 0 aliphatic heterocycles. The van der Waals surface area contributed by atoms with E-state index in [4.69, 9.17) is 4.74 Å². The van der Waals surface area contributed by atoms with Gasteiger partial charge in [0, 0.05) is 31.5 Å². The number of hydrogen-bond acceptors (Lipinski definition) is 4. The van der Waals surface area contributed by atoms with Crippen molar-refractivity contribution in [2.45, 2.75) is 53.4 Å². The fraction of sp³-hybridized carbons (Fsp3) is 0.765. The van der Waals surface area contributed by atoms with Gasteiger partial charge in [0.2, 0.25) is 0 Å². The van der Waals surface area contributed by atoms with Gasteiger partial charge in [-0.2, -0.15) is 0 Å². The summed E-state index contributed by atoms with van der Waals surface area (Å²) in [7, 11) is 1.73. The monoisotopic (exact) mass is 293 g/mol. The van der Waals surface area contributed by atoms with Gasteiger partial charge in [-0.25, -0.2) is 9.97 Å². The number of hydrogen-bond donors (Lipinski definition) is 1. The van der Waals surface area contributed by atoms with Gasteiger partial charge in [0.1, 0.15) is 5.82 Å². The van der Waals surface area contributed by atoms with E-state index < -0.39 is 0 Å². The van der Waals surface area contributed by atoms with Crippen LogP contribution in [0.15, 0.2) is 0 Å². The van der Waals surface area contributed by atoms with Crippen molar-refractivity contribution in [3.63, 3.8) is 0 Å². The summed E-state index contributed by atoms with van der Waals surface area (Å²) in [6.45, 7) is 11.6. The van der Waals surface area contributed by atoms with Gasteiger partial charge in [-0.3, -0.25) is 0 Å². The Bertz CT molecular complexity index is 395. The Balaban J connectivity index is 2.47. The molecule has 0 saturated heterocycles. The van der Waals surface area contributed by atoms with E-state index >= 15 is 0 Å². The molecule has 0 fully saturated rings. The van der Waals surface area contributed by atoms with E-state index in [2.05, 4.69) is 43.0 Å². The summed E-state index contributed by atoms with van der Waals surface area (Å²) in [5.74, 6) is 1.66. The Labute approximate surface area is 129 Å². The van der Waals surface area contributed by atoms with Crippen LogP contribution in [0.3, 0.4) is 0 Å². The minimum absolute atomic E-state index is 0.711. The molecule has 0 aromatic carbocycles. The number of aromatic nitrogens is 2. The first-order chi connectivity index (χ1) is 10.0. The van der Waals surface area contributed by atoms with Crippen LogP contribution in [0.1, 0.15) is 49.5 Å². The number of nitrogens with one attached hydrogen (secondary N) is 1. The van der Waals surface area contributed by atoms with Gasteiger partial charge in [0.05, 0.1) is 0 Å². The maximum absolute atomic E-state index is 5.08. The average molecular weight is 293 g/mol. The molecule has 0 spiro atoms. The Morgan fingerprint density at radius 3 is 2.29 bits per heavy atom. The van der Waals surface area contributed by atoms with Crippen LogP contribution in [0.4, 0.5) is 0 Å². The molecule has 0 saturated carbocycles. The Hall–Kier alpha value is -1.00. The third-order valence-corrected chi connectivity index (χ3v) is 3.55. The Morgan fingerprint density at radius 2 is 1.71 bits per heavy atom. The molecule has 1 aromatic heterocycles. The minimum atomic E-state index is 0.711. The fourth-order valence-electron chi connectivity index (χ4n) is 2.44. The molecule has 0 bridgehead atoms. The fourth-order valence-corrected chi connectivity index (χ4v) is 2.44. The molecule has 1 heterocycles. The summed E-state index contributed by atoms with van der Waals surface area (Å²) in [5, 5.41) is 3.49. The summed E-state index contributed by atoms with van der Waals surface area (Å²) < 4.78 is 5.08. The second-order valence-corrected chi connectivity index (χ2v) is 6.09. The smallest absolute Gasteiger partial charge is 0.128 e. The van der Waals surface area contributed by atoms with Crippen LogP contribution in [0.2, 0.25) is 0 Å². The van der Waals surface area contributed by atoms with Gasteiger partial charge in [-0.15, -0.1) is 0 Å². The standard InChI is InChI=1S/C17H31N3O/c1-13(2)12-18-10-6-8-16-14(3)19-17(20-15(16)4)9-7-11-21-5/h13,18H,6-12H2,1-5H3. The third-order valence-electron chi connectivity index (χ3n) is 3.55. The number of methoxy groups -OCH3 is 1. The predicted molar refractivity (Wildman–Crippen MR) is 87.7 cm³/mol. The van der Waals surface area contributed by atoms with Crippen molar-refractivity contribution < 1.29 is 4.74 Å². The van der Waals surface area contributed by atoms with E-state index in [1.807, 2.05) is 0 Å². The lowest BCUT2D eigenvalue weighted by Crippen LogP contribution is -2.21. The number of ether oxygens (including phenoxy) is 1. The molecule has 0 unspecified atom stereocenters. The summed E-state index contributed by atoms with van der Waals surface area (Å²) in [4.78, 5) is 9.29. The van der Waals surface area contributed by atoms with Gasteiger partial charge >= 0.3 is 0 Å². The first kappa shape index (κ1) is 18.1. The van der Waals surface area contributed by atoms with Crippen molar-refractivity contribution in [1.82, 2.24) is 15.3 Å². The van der Waals surface area contributed by atoms with Crippen LogP contribution in [-0.2, 0) is 17.6 Å². The predicted octanol–water partition coefficient (Wildman–Crippen LogP) is 2.85. The van der Waals surface area contributed by atoms with E-state index in [1.165, 1.54) is 5.56 Å². The second-order valence-electron chi connectivity index (χ2n) is 6.09. The topological polar surface area (TPSA) is 47.0 Å². The lowest BCUT2D eigenvalue weighted by Gasteiger charge is -2.12. The average Bonchev–Trinajstić information content (AvgIpc) is 2.41. The molecular weight excluding hydrogens is 262 g/mol. The van der Waals surface area contributed by atoms with E-state index in [0.717, 1.165) is 62.6 Å². The second kappa shape index (κ2) is 9.85. The van der Waals surface area contributed by atoms with E-state index in [1.54, 1.807) is 7.11 Å². The highest BCUT2D eigenvalue weighted by Crippen LogP contribution is 2.13. The zero-order valence-corrected chi connectivity index (χ0v) is 14.3. The van der Waals surface area contributed by atoms with Crippen LogP contribution in [0.5, 0.6) is 0 Å². The molecule has 1 aromatic rings. The molecule has 0 aliphatic carbocycles. The molecule has 0 aliphatic rings. The first-order valence-corrected chi connectivity index (χ1v) is 8.07. The molecule has 1 N–H and O–H groups in total. The first-order valence-electron chi connectivity index (χ1n) is 8.07. The van der Waals surface area contributed by atoms with Gasteiger partial charge in [0.25, 0.3) is 0 Å². The zero-order chi connectivity index (χ0) is 15.7. The number of aryl methyl sites for hydroxylation is 3. The van der Waals surface area contributed by atoms with Gasteiger partial charge in [-0.05, 0) is 57.7 Å². The van der Waals surface area contributed by atoms with Crippen molar-refractivity contribution in [2.24, 2.45) is 5.92 Å². The minimum Gasteiger partial charge on any atom is -0.385 e. The summed E-state index contributed by atoms with van der Waals surface area (Å²) in [5.41, 5.74) is 3.59. The molecule has 1 rings (SSSR count). The SMILES string of the molecule is COCCCc1nc(C)c(CCCNCC(C)C)c(C)n1. The van der Waals surface area contributed by atoms with Crippen molar-refractivity contribution in [1.29, 1.82) is 0 Å². The van der Waals surface area contributed by atoms with Crippen molar-refractivity contribution in [3.05, 3.63) is 22.8 Å². The highest BCUT2D eigenvalue weighted by molar-refractivity contribution is 5.24. The Morgan fingerprint density at radius 1 is 1.05 bits per heavy atom. The van der Waals surface area contributed by atoms with Crippen molar-refractivity contribution in [3.8, 4) is 0 Å². The van der Waals surface area contributed by atoms with E-state index in [0.29, 0.717) is 5.92 Å². The van der Waals surface area contributed by atoms with Gasteiger partial charge in [0.15, 0.2) is 0 Å². The molecule has 0 atom stereocenters. The molecule has 0 amide bonds. The summed E-state index contributed by atoms with van der Waals surface area (Å²) >= 11 is 0. The van der Waals surface area contributed by atoms with Crippen molar-refractivity contribution >= 4 is 0 Å². The third kappa shape index (κ3) is 7.00. The summed E-state index contributed by atoms with van der Waals surface area (Å²) in [6, 6.07) is 0. The maximum Gasteiger partial charge on any atom is 0.128 e. The van der Waals surface area contributed by atoms with Gasteiger partial charge in [-0.1, -0.05) is 13.8 Å². The van der Waals surface area contributed by atoms with E-state index in [9.17, 15) is 0 Å². The normalized spacial score (nSPS) is 11.3. The van der Waals surface area contributed by atoms with Crippen LogP contribution in [0.25, 0.3) is 0 Å². The van der Waals surface area contributed by atoms with Crippen LogP contribution in [0, 0.1) is 19.8 Å². The van der Waals surface area contributed by atoms with Crippen molar-refractivity contribution in [2.75, 3.05) is 26.8 Å². The van der Waals surface area contributed by atoms with Crippen LogP contribution >= 0.6 is 0 Å². The molecule has 120 valence electrons. The summed E-state index contributed by atoms with van der Waals surface area (Å²) in [6.07, 6.45) is 4.07. The molecule has 4 nitrogen and oxygen atoms in total. The molecule has 4 heteroatoms. The van der Waals surface area contributed by atoms with E-state index in [-0.39, 0.29) is 0 Å². The Kier molecular flexibility index (Phi) is 8.47. The van der Waals surface area contributed by atoms with Gasteiger partial charge < -0.3 is 10.1 Å². The highest BCUT2D eigenvalue weighted by Gasteiger charge is 2.08. The molecular formula is C17H31N3O. The zero-order valence-electron chi connectivity index (χ0n) is 14.3. The lowest BCUT2D eigenvalue weighted by molar-refractivity contribution is 0.194. The van der Waals surface area contributed by atoms with Crippen LogP contribution < -0.4 is 5.32 Å². The highest BCUT2D eigenvalue weighted by atomic mass is 16.5. The van der Waals surface area contributed by atoms with Crippen LogP contribution in [-0.4, -0.2) is 36.8 Å². The number of rotatable bonds is 10. The quantitative estimate of drug-likeness (QED) is 0.674.